The van der Waals surface area contributed by atoms with Crippen molar-refractivity contribution in [3.05, 3.63) is 29.8 Å². The third-order valence-corrected chi connectivity index (χ3v) is 4.51. The molecule has 0 radical (unpaired) electrons. The largest absolute Gasteiger partial charge is 0.466 e. The Morgan fingerprint density at radius 3 is 2.62 bits per heavy atom. The molecule has 3 nitrogen and oxygen atoms in total. The van der Waals surface area contributed by atoms with E-state index in [1.54, 1.807) is 0 Å². The van der Waals surface area contributed by atoms with E-state index in [1.165, 1.54) is 23.9 Å². The maximum atomic E-state index is 10.7. The van der Waals surface area contributed by atoms with Crippen LogP contribution in [0.5, 0.6) is 0 Å². The first-order chi connectivity index (χ1) is 9.94. The van der Waals surface area contributed by atoms with Crippen LogP contribution in [0, 0.1) is 0 Å². The van der Waals surface area contributed by atoms with Gasteiger partial charge in [-0.2, -0.15) is 4.58 Å². The fraction of sp³-hybridized carbons (Fsp3) is 0.556. The Kier molecular flexibility index (Phi) is 4.81. The van der Waals surface area contributed by atoms with Gasteiger partial charge in [-0.05, 0) is 26.7 Å². The SMILES string of the molecule is CC(=O)OCCCCC[N+]1=C(C)C(C)(C)c2ccccc21. The van der Waals surface area contributed by atoms with Gasteiger partial charge in [-0.25, -0.2) is 0 Å². The van der Waals surface area contributed by atoms with Crippen LogP contribution in [0.3, 0.4) is 0 Å². The molecule has 0 spiro atoms. The Balaban J connectivity index is 1.94. The van der Waals surface area contributed by atoms with Crippen LogP contribution in [0.25, 0.3) is 0 Å². The zero-order chi connectivity index (χ0) is 15.5. The number of esters is 1. The minimum Gasteiger partial charge on any atom is -0.466 e. The van der Waals surface area contributed by atoms with Crippen molar-refractivity contribution in [2.75, 3.05) is 13.2 Å². The summed E-state index contributed by atoms with van der Waals surface area (Å²) in [6, 6.07) is 8.68. The molecule has 1 aliphatic heterocycles. The highest BCUT2D eigenvalue weighted by Gasteiger charge is 2.42. The summed E-state index contributed by atoms with van der Waals surface area (Å²) >= 11 is 0. The van der Waals surface area contributed by atoms with Crippen LogP contribution >= 0.6 is 0 Å². The predicted molar refractivity (Wildman–Crippen MR) is 85.4 cm³/mol. The molecule has 1 aliphatic rings. The fourth-order valence-electron chi connectivity index (χ4n) is 3.00. The topological polar surface area (TPSA) is 29.3 Å². The van der Waals surface area contributed by atoms with Gasteiger partial charge in [0, 0.05) is 31.9 Å². The quantitative estimate of drug-likeness (QED) is 0.452. The lowest BCUT2D eigenvalue weighted by Gasteiger charge is -2.14. The van der Waals surface area contributed by atoms with Gasteiger partial charge in [0.15, 0.2) is 5.71 Å². The lowest BCUT2D eigenvalue weighted by molar-refractivity contribution is -0.439. The molecule has 0 atom stereocenters. The maximum absolute atomic E-state index is 10.7. The standard InChI is InChI=1S/C18H26NO2/c1-14-18(3,4)16-10-6-7-11-17(16)19(14)12-8-5-9-13-21-15(2)20/h6-7,10-11H,5,8-9,12-13H2,1-4H3/q+1. The van der Waals surface area contributed by atoms with Gasteiger partial charge in [-0.15, -0.1) is 0 Å². The number of para-hydroxylation sites is 1. The molecular formula is C18H26NO2+. The Hall–Kier alpha value is -1.64. The molecule has 0 fully saturated rings. The molecule has 0 N–H and O–H groups in total. The summed E-state index contributed by atoms with van der Waals surface area (Å²) in [5.74, 6) is -0.186. The smallest absolute Gasteiger partial charge is 0.302 e. The molecule has 0 amide bonds. The van der Waals surface area contributed by atoms with Crippen LogP contribution < -0.4 is 0 Å². The van der Waals surface area contributed by atoms with E-state index >= 15 is 0 Å². The molecule has 0 saturated carbocycles. The first kappa shape index (κ1) is 15.7. The van der Waals surface area contributed by atoms with E-state index in [2.05, 4.69) is 49.6 Å². The molecule has 21 heavy (non-hydrogen) atoms. The van der Waals surface area contributed by atoms with Gasteiger partial charge in [-0.3, -0.25) is 4.79 Å². The third kappa shape index (κ3) is 3.34. The zero-order valence-corrected chi connectivity index (χ0v) is 13.6. The Morgan fingerprint density at radius 2 is 1.90 bits per heavy atom. The van der Waals surface area contributed by atoms with Crippen molar-refractivity contribution < 1.29 is 14.1 Å². The first-order valence-electron chi connectivity index (χ1n) is 7.79. The molecule has 1 aromatic carbocycles. The van der Waals surface area contributed by atoms with Crippen LogP contribution in [-0.2, 0) is 14.9 Å². The van der Waals surface area contributed by atoms with Crippen molar-refractivity contribution in [1.82, 2.24) is 0 Å². The third-order valence-electron chi connectivity index (χ3n) is 4.51. The van der Waals surface area contributed by atoms with E-state index in [1.807, 2.05) is 0 Å². The number of carbonyl (C=O) groups excluding carboxylic acids is 1. The molecule has 1 aromatic rings. The van der Waals surface area contributed by atoms with E-state index in [0.717, 1.165) is 25.8 Å². The summed E-state index contributed by atoms with van der Waals surface area (Å²) in [5.41, 5.74) is 4.31. The average molecular weight is 288 g/mol. The second-order valence-corrected chi connectivity index (χ2v) is 6.28. The summed E-state index contributed by atoms with van der Waals surface area (Å²) < 4.78 is 7.41. The lowest BCUT2D eigenvalue weighted by atomic mass is 9.82. The number of benzene rings is 1. The van der Waals surface area contributed by atoms with Gasteiger partial charge in [0.1, 0.15) is 6.54 Å². The Morgan fingerprint density at radius 1 is 1.19 bits per heavy atom. The molecule has 0 bridgehead atoms. The summed E-state index contributed by atoms with van der Waals surface area (Å²) in [6.07, 6.45) is 3.14. The lowest BCUT2D eigenvalue weighted by Crippen LogP contribution is -2.26. The van der Waals surface area contributed by atoms with Crippen molar-refractivity contribution in [2.45, 2.75) is 52.4 Å². The van der Waals surface area contributed by atoms with E-state index in [4.69, 9.17) is 4.74 Å². The Labute approximate surface area is 127 Å². The van der Waals surface area contributed by atoms with Gasteiger partial charge in [0.25, 0.3) is 0 Å². The van der Waals surface area contributed by atoms with Crippen molar-refractivity contribution in [1.29, 1.82) is 0 Å². The molecule has 0 aliphatic carbocycles. The van der Waals surface area contributed by atoms with E-state index < -0.39 is 0 Å². The zero-order valence-electron chi connectivity index (χ0n) is 13.6. The van der Waals surface area contributed by atoms with Gasteiger partial charge in [0.05, 0.1) is 12.0 Å². The minimum absolute atomic E-state index is 0.119. The number of hydrogen-bond acceptors (Lipinski definition) is 2. The summed E-state index contributed by atoms with van der Waals surface area (Å²) in [5, 5.41) is 0. The fourth-order valence-corrected chi connectivity index (χ4v) is 3.00. The summed E-state index contributed by atoms with van der Waals surface area (Å²) in [4.78, 5) is 10.7. The van der Waals surface area contributed by atoms with Crippen molar-refractivity contribution in [3.63, 3.8) is 0 Å². The van der Waals surface area contributed by atoms with E-state index in [-0.39, 0.29) is 11.4 Å². The molecule has 2 rings (SSSR count). The van der Waals surface area contributed by atoms with Crippen LogP contribution in [0.4, 0.5) is 5.69 Å². The summed E-state index contributed by atoms with van der Waals surface area (Å²) in [7, 11) is 0. The van der Waals surface area contributed by atoms with E-state index in [0.29, 0.717) is 6.61 Å². The van der Waals surface area contributed by atoms with Gasteiger partial charge < -0.3 is 4.74 Å². The molecule has 0 unspecified atom stereocenters. The predicted octanol–water partition coefficient (Wildman–Crippen LogP) is 3.82. The average Bonchev–Trinajstić information content (AvgIpc) is 2.63. The van der Waals surface area contributed by atoms with Crippen LogP contribution in [-0.4, -0.2) is 29.4 Å². The van der Waals surface area contributed by atoms with Crippen molar-refractivity contribution in [2.24, 2.45) is 0 Å². The first-order valence-corrected chi connectivity index (χ1v) is 7.79. The molecule has 3 heteroatoms. The Bertz CT molecular complexity index is 558. The number of nitrogens with zero attached hydrogens (tertiary/aromatic N) is 1. The molecule has 114 valence electrons. The van der Waals surface area contributed by atoms with Crippen LogP contribution in [0.15, 0.2) is 24.3 Å². The minimum atomic E-state index is -0.186. The number of rotatable bonds is 6. The molecule has 1 heterocycles. The maximum Gasteiger partial charge on any atom is 0.302 e. The number of carbonyl (C=O) groups is 1. The highest BCUT2D eigenvalue weighted by atomic mass is 16.5. The number of fused-ring (bicyclic) bond motifs is 1. The molecule has 0 aromatic heterocycles. The number of unbranched alkanes of at least 4 members (excludes halogenated alkanes) is 2. The van der Waals surface area contributed by atoms with Crippen molar-refractivity contribution in [3.8, 4) is 0 Å². The van der Waals surface area contributed by atoms with Gasteiger partial charge in [-0.1, -0.05) is 18.2 Å². The summed E-state index contributed by atoms with van der Waals surface area (Å²) in [6.45, 7) is 9.86. The second-order valence-electron chi connectivity index (χ2n) is 6.28. The number of ether oxygens (including phenoxy) is 1. The number of hydrogen-bond donors (Lipinski definition) is 0. The van der Waals surface area contributed by atoms with Crippen LogP contribution in [0.2, 0.25) is 0 Å². The van der Waals surface area contributed by atoms with Crippen LogP contribution in [0.1, 0.15) is 52.5 Å². The van der Waals surface area contributed by atoms with Gasteiger partial charge in [0.2, 0.25) is 5.69 Å². The monoisotopic (exact) mass is 288 g/mol. The van der Waals surface area contributed by atoms with Gasteiger partial charge >= 0.3 is 5.97 Å². The molecular weight excluding hydrogens is 262 g/mol. The van der Waals surface area contributed by atoms with Crippen molar-refractivity contribution >= 4 is 17.4 Å². The highest BCUT2D eigenvalue weighted by molar-refractivity contribution is 5.93. The normalized spacial score (nSPS) is 16.0. The van der Waals surface area contributed by atoms with E-state index in [9.17, 15) is 4.79 Å². The highest BCUT2D eigenvalue weighted by Crippen LogP contribution is 2.39. The second kappa shape index (κ2) is 6.42. The molecule has 0 saturated heterocycles.